The third-order valence-electron chi connectivity index (χ3n) is 4.02. The molecular weight excluding hydrogens is 262 g/mol. The molecule has 0 aromatic carbocycles. The summed E-state index contributed by atoms with van der Waals surface area (Å²) in [6.07, 6.45) is 4.11. The number of aliphatic carboxylic acids is 1. The second-order valence-corrected chi connectivity index (χ2v) is 5.55. The molecule has 0 aromatic heterocycles. The summed E-state index contributed by atoms with van der Waals surface area (Å²) < 4.78 is 0. The SMILES string of the molecule is CC(O)C=CC1C[C@@H]2C(=NOCCC(=O)O)C[C@H]2C1O. The molecule has 0 aliphatic heterocycles. The van der Waals surface area contributed by atoms with Crippen LogP contribution in [0.1, 0.15) is 26.2 Å². The third kappa shape index (κ3) is 3.37. The molecule has 112 valence electrons. The van der Waals surface area contributed by atoms with Crippen LogP contribution in [-0.4, -0.2) is 45.8 Å². The quantitative estimate of drug-likeness (QED) is 0.380. The minimum Gasteiger partial charge on any atom is -0.481 e. The molecule has 0 amide bonds. The maximum Gasteiger partial charge on any atom is 0.306 e. The van der Waals surface area contributed by atoms with E-state index in [1.54, 1.807) is 13.0 Å². The van der Waals surface area contributed by atoms with Gasteiger partial charge >= 0.3 is 5.97 Å². The van der Waals surface area contributed by atoms with E-state index in [0.717, 1.165) is 12.1 Å². The molecule has 0 saturated heterocycles. The highest BCUT2D eigenvalue weighted by atomic mass is 16.6. The monoisotopic (exact) mass is 283 g/mol. The van der Waals surface area contributed by atoms with Crippen molar-refractivity contribution in [3.8, 4) is 0 Å². The van der Waals surface area contributed by atoms with Crippen LogP contribution in [0, 0.1) is 17.8 Å². The van der Waals surface area contributed by atoms with Gasteiger partial charge in [0, 0.05) is 11.8 Å². The van der Waals surface area contributed by atoms with Gasteiger partial charge in [-0.05, 0) is 25.7 Å². The first kappa shape index (κ1) is 15.0. The average Bonchev–Trinajstić information content (AvgIpc) is 2.58. The molecule has 2 rings (SSSR count). The number of aliphatic hydroxyl groups is 2. The fraction of sp³-hybridized carbons (Fsp3) is 0.714. The summed E-state index contributed by atoms with van der Waals surface area (Å²) in [4.78, 5) is 15.3. The van der Waals surface area contributed by atoms with Gasteiger partial charge in [-0.15, -0.1) is 0 Å². The van der Waals surface area contributed by atoms with E-state index in [0.29, 0.717) is 6.42 Å². The first-order valence-corrected chi connectivity index (χ1v) is 6.94. The number of carbonyl (C=O) groups is 1. The predicted octanol–water partition coefficient (Wildman–Crippen LogP) is 0.788. The van der Waals surface area contributed by atoms with Crippen LogP contribution >= 0.6 is 0 Å². The zero-order valence-electron chi connectivity index (χ0n) is 11.5. The predicted molar refractivity (Wildman–Crippen MR) is 72.2 cm³/mol. The van der Waals surface area contributed by atoms with Crippen molar-refractivity contribution in [1.82, 2.24) is 0 Å². The van der Waals surface area contributed by atoms with Crippen LogP contribution in [0.3, 0.4) is 0 Å². The van der Waals surface area contributed by atoms with Gasteiger partial charge in [0.1, 0.15) is 6.61 Å². The molecule has 2 aliphatic carbocycles. The average molecular weight is 283 g/mol. The highest BCUT2D eigenvalue weighted by Crippen LogP contribution is 2.48. The Bertz CT molecular complexity index is 418. The third-order valence-corrected chi connectivity index (χ3v) is 4.02. The normalized spacial score (nSPS) is 35.9. The number of hydrogen-bond donors (Lipinski definition) is 3. The smallest absolute Gasteiger partial charge is 0.306 e. The van der Waals surface area contributed by atoms with E-state index < -0.39 is 18.2 Å². The molecule has 0 spiro atoms. The van der Waals surface area contributed by atoms with E-state index >= 15 is 0 Å². The van der Waals surface area contributed by atoms with Crippen molar-refractivity contribution in [3.05, 3.63) is 12.2 Å². The van der Waals surface area contributed by atoms with Gasteiger partial charge in [0.25, 0.3) is 0 Å². The molecule has 0 heterocycles. The minimum absolute atomic E-state index is 0.0475. The molecule has 0 bridgehead atoms. The summed E-state index contributed by atoms with van der Waals surface area (Å²) in [6.45, 7) is 1.75. The van der Waals surface area contributed by atoms with Crippen molar-refractivity contribution in [3.63, 3.8) is 0 Å². The molecule has 0 radical (unpaired) electrons. The molecule has 5 atom stereocenters. The standard InChI is InChI=1S/C14H21NO5/c1-8(16)2-3-9-6-10-11(14(9)19)7-12(10)15-20-5-4-13(17)18/h2-3,8-11,14,16,19H,4-7H2,1H3,(H,17,18)/t8?,9?,10-,11+,14?/m0/s1. The van der Waals surface area contributed by atoms with E-state index in [9.17, 15) is 15.0 Å². The Kier molecular flexibility index (Phi) is 4.77. The second-order valence-electron chi connectivity index (χ2n) is 5.55. The summed E-state index contributed by atoms with van der Waals surface area (Å²) in [5, 5.41) is 31.8. The molecule has 2 fully saturated rings. The summed E-state index contributed by atoms with van der Waals surface area (Å²) >= 11 is 0. The van der Waals surface area contributed by atoms with Crippen LogP contribution < -0.4 is 0 Å². The summed E-state index contributed by atoms with van der Waals surface area (Å²) in [5.74, 6) is -0.429. The van der Waals surface area contributed by atoms with Crippen LogP contribution in [0.15, 0.2) is 17.3 Å². The Balaban J connectivity index is 1.83. The molecule has 3 unspecified atom stereocenters. The lowest BCUT2D eigenvalue weighted by atomic mass is 9.73. The van der Waals surface area contributed by atoms with Crippen LogP contribution in [0.5, 0.6) is 0 Å². The van der Waals surface area contributed by atoms with Crippen molar-refractivity contribution in [1.29, 1.82) is 0 Å². The molecular formula is C14H21NO5. The lowest BCUT2D eigenvalue weighted by molar-refractivity contribution is -0.138. The number of nitrogens with zero attached hydrogens (tertiary/aromatic N) is 1. The van der Waals surface area contributed by atoms with Gasteiger partial charge in [0.15, 0.2) is 0 Å². The van der Waals surface area contributed by atoms with E-state index in [1.165, 1.54) is 0 Å². The van der Waals surface area contributed by atoms with Crippen molar-refractivity contribution in [2.24, 2.45) is 22.9 Å². The number of oxime groups is 1. The van der Waals surface area contributed by atoms with Crippen molar-refractivity contribution >= 4 is 11.7 Å². The fourth-order valence-electron chi connectivity index (χ4n) is 2.90. The zero-order valence-corrected chi connectivity index (χ0v) is 11.5. The fourth-order valence-corrected chi connectivity index (χ4v) is 2.90. The van der Waals surface area contributed by atoms with E-state index in [2.05, 4.69) is 5.16 Å². The van der Waals surface area contributed by atoms with Gasteiger partial charge in [-0.1, -0.05) is 17.3 Å². The molecule has 3 N–H and O–H groups in total. The van der Waals surface area contributed by atoms with Crippen LogP contribution in [0.2, 0.25) is 0 Å². The van der Waals surface area contributed by atoms with Crippen molar-refractivity contribution in [2.75, 3.05) is 6.61 Å². The van der Waals surface area contributed by atoms with E-state index in [-0.39, 0.29) is 30.8 Å². The molecule has 0 aromatic rings. The lowest BCUT2D eigenvalue weighted by Gasteiger charge is -2.33. The lowest BCUT2D eigenvalue weighted by Crippen LogP contribution is -2.38. The molecule has 6 heteroatoms. The van der Waals surface area contributed by atoms with Crippen molar-refractivity contribution in [2.45, 2.75) is 38.4 Å². The summed E-state index contributed by atoms with van der Waals surface area (Å²) in [5.41, 5.74) is 0.910. The van der Waals surface area contributed by atoms with Gasteiger partial charge in [0.2, 0.25) is 0 Å². The number of rotatable bonds is 6. The largest absolute Gasteiger partial charge is 0.481 e. The molecule has 2 aliphatic rings. The van der Waals surface area contributed by atoms with Gasteiger partial charge in [0.05, 0.1) is 24.3 Å². The molecule has 6 nitrogen and oxygen atoms in total. The van der Waals surface area contributed by atoms with Gasteiger partial charge < -0.3 is 20.2 Å². The Morgan fingerprint density at radius 3 is 3.00 bits per heavy atom. The van der Waals surface area contributed by atoms with Crippen LogP contribution in [0.25, 0.3) is 0 Å². The van der Waals surface area contributed by atoms with Crippen molar-refractivity contribution < 1.29 is 25.0 Å². The maximum absolute atomic E-state index is 10.3. The van der Waals surface area contributed by atoms with Gasteiger partial charge in [-0.2, -0.15) is 0 Å². The topological polar surface area (TPSA) is 99.4 Å². The number of aliphatic hydroxyl groups excluding tert-OH is 2. The highest BCUT2D eigenvalue weighted by molar-refractivity contribution is 5.93. The minimum atomic E-state index is -0.906. The Hall–Kier alpha value is -1.40. The number of hydrogen-bond acceptors (Lipinski definition) is 5. The van der Waals surface area contributed by atoms with Gasteiger partial charge in [-0.25, -0.2) is 0 Å². The summed E-state index contributed by atoms with van der Waals surface area (Å²) in [6, 6.07) is 0. The van der Waals surface area contributed by atoms with E-state index in [1.807, 2.05) is 6.08 Å². The van der Waals surface area contributed by atoms with Gasteiger partial charge in [-0.3, -0.25) is 4.79 Å². The number of carboxylic acid groups (broad SMARTS) is 1. The maximum atomic E-state index is 10.3. The Morgan fingerprint density at radius 1 is 1.60 bits per heavy atom. The first-order valence-electron chi connectivity index (χ1n) is 6.94. The molecule has 20 heavy (non-hydrogen) atoms. The second kappa shape index (κ2) is 6.37. The summed E-state index contributed by atoms with van der Waals surface area (Å²) in [7, 11) is 0. The Morgan fingerprint density at radius 2 is 2.35 bits per heavy atom. The van der Waals surface area contributed by atoms with Crippen LogP contribution in [-0.2, 0) is 9.63 Å². The zero-order chi connectivity index (χ0) is 14.7. The number of carboxylic acids is 1. The van der Waals surface area contributed by atoms with Crippen LogP contribution in [0.4, 0.5) is 0 Å². The number of fused-ring (bicyclic) bond motifs is 1. The van der Waals surface area contributed by atoms with E-state index in [4.69, 9.17) is 9.94 Å². The Labute approximate surface area is 117 Å². The molecule has 2 saturated carbocycles. The highest BCUT2D eigenvalue weighted by Gasteiger charge is 2.51. The first-order chi connectivity index (χ1) is 9.49.